The minimum absolute atomic E-state index is 0.118. The highest BCUT2D eigenvalue weighted by molar-refractivity contribution is 6.74. The average Bonchev–Trinajstić information content (AvgIpc) is 2.51. The largest absolute Gasteiger partial charge is 0.495 e. The van der Waals surface area contributed by atoms with Crippen LogP contribution in [0.25, 0.3) is 0 Å². The molecule has 1 rings (SSSR count). The first-order valence-electron chi connectivity index (χ1n) is 8.21. The number of nitrogens with one attached hydrogen (secondary N) is 1. The molecule has 136 valence electrons. The van der Waals surface area contributed by atoms with Gasteiger partial charge in [0.05, 0.1) is 39.0 Å². The topological polar surface area (TPSA) is 56.8 Å². The number of esters is 1. The fraction of sp³-hybridized carbons (Fsp3) is 0.611. The highest BCUT2D eigenvalue weighted by Gasteiger charge is 2.37. The first kappa shape index (κ1) is 20.5. The zero-order valence-electron chi connectivity index (χ0n) is 15.9. The maximum atomic E-state index is 11.8. The molecule has 0 heterocycles. The van der Waals surface area contributed by atoms with Gasteiger partial charge in [-0.05, 0) is 30.3 Å². The first-order chi connectivity index (χ1) is 11.1. The predicted molar refractivity (Wildman–Crippen MR) is 100 cm³/mol. The van der Waals surface area contributed by atoms with Gasteiger partial charge in [0, 0.05) is 0 Å². The molecular weight excluding hydrogens is 322 g/mol. The van der Waals surface area contributed by atoms with Crippen LogP contribution in [0.2, 0.25) is 18.1 Å². The minimum atomic E-state index is -1.89. The smallest absolute Gasteiger partial charge is 0.307 e. The van der Waals surface area contributed by atoms with E-state index in [1.165, 1.54) is 7.11 Å². The van der Waals surface area contributed by atoms with E-state index in [0.29, 0.717) is 6.61 Å². The fourth-order valence-electron chi connectivity index (χ4n) is 1.95. The second kappa shape index (κ2) is 8.53. The molecule has 5 nitrogen and oxygen atoms in total. The van der Waals surface area contributed by atoms with Crippen LogP contribution in [0, 0.1) is 0 Å². The van der Waals surface area contributed by atoms with Gasteiger partial charge in [-0.25, -0.2) is 0 Å². The van der Waals surface area contributed by atoms with Crippen molar-refractivity contribution < 1.29 is 18.7 Å². The van der Waals surface area contributed by atoms with Crippen LogP contribution in [-0.4, -0.2) is 41.2 Å². The van der Waals surface area contributed by atoms with E-state index in [4.69, 9.17) is 13.9 Å². The molecule has 1 N–H and O–H groups in total. The van der Waals surface area contributed by atoms with Crippen LogP contribution in [0.15, 0.2) is 24.3 Å². The van der Waals surface area contributed by atoms with Crippen molar-refractivity contribution in [3.05, 3.63) is 24.3 Å². The minimum Gasteiger partial charge on any atom is -0.495 e. The molecule has 1 aromatic rings. The Kier molecular flexibility index (Phi) is 7.29. The third-order valence-corrected chi connectivity index (χ3v) is 9.06. The zero-order valence-corrected chi connectivity index (χ0v) is 16.9. The zero-order chi connectivity index (χ0) is 18.4. The van der Waals surface area contributed by atoms with Crippen molar-refractivity contribution in [3.63, 3.8) is 0 Å². The molecule has 0 aromatic heterocycles. The maximum absolute atomic E-state index is 11.8. The van der Waals surface area contributed by atoms with Gasteiger partial charge in [0.15, 0.2) is 8.32 Å². The molecule has 0 aliphatic carbocycles. The summed E-state index contributed by atoms with van der Waals surface area (Å²) in [5, 5.41) is 3.48. The van der Waals surface area contributed by atoms with Crippen LogP contribution in [0.1, 0.15) is 27.2 Å². The average molecular weight is 354 g/mol. The van der Waals surface area contributed by atoms with Gasteiger partial charge < -0.3 is 19.2 Å². The quantitative estimate of drug-likeness (QED) is 0.564. The van der Waals surface area contributed by atoms with Gasteiger partial charge in [0.25, 0.3) is 0 Å². The standard InChI is InChI=1S/C18H31NO4Si/c1-18(2,3)24(6,7)23-13-14(12-17(20)22-5)19-15-10-8-9-11-16(15)21-4/h8-11,14,19H,12-13H2,1-7H3. The summed E-state index contributed by atoms with van der Waals surface area (Å²) in [6.07, 6.45) is 0.239. The molecule has 1 atom stereocenters. The molecule has 0 aliphatic rings. The second-order valence-corrected chi connectivity index (χ2v) is 12.2. The predicted octanol–water partition coefficient (Wildman–Crippen LogP) is 4.06. The lowest BCUT2D eigenvalue weighted by Crippen LogP contribution is -2.44. The summed E-state index contributed by atoms with van der Waals surface area (Å²) in [6.45, 7) is 11.4. The van der Waals surface area contributed by atoms with E-state index in [9.17, 15) is 4.79 Å². The molecule has 0 saturated carbocycles. The normalized spacial score (nSPS) is 13.3. The Hall–Kier alpha value is -1.53. The van der Waals surface area contributed by atoms with Crippen LogP contribution >= 0.6 is 0 Å². The molecule has 0 spiro atoms. The van der Waals surface area contributed by atoms with Crippen LogP contribution < -0.4 is 10.1 Å². The van der Waals surface area contributed by atoms with E-state index in [2.05, 4.69) is 39.2 Å². The van der Waals surface area contributed by atoms with E-state index in [1.54, 1.807) is 7.11 Å². The Morgan fingerprint density at radius 2 is 1.83 bits per heavy atom. The van der Waals surface area contributed by atoms with Crippen molar-refractivity contribution in [2.75, 3.05) is 26.1 Å². The van der Waals surface area contributed by atoms with Gasteiger partial charge in [-0.1, -0.05) is 32.9 Å². The number of carbonyl (C=O) groups excluding carboxylic acids is 1. The lowest BCUT2D eigenvalue weighted by atomic mass is 10.2. The maximum Gasteiger partial charge on any atom is 0.307 e. The number of methoxy groups -OCH3 is 2. The number of carbonyl (C=O) groups is 1. The summed E-state index contributed by atoms with van der Waals surface area (Å²) in [5.41, 5.74) is 0.840. The summed E-state index contributed by atoms with van der Waals surface area (Å²) in [7, 11) is 1.14. The van der Waals surface area contributed by atoms with Crippen LogP contribution in [0.5, 0.6) is 5.75 Å². The molecule has 0 aliphatic heterocycles. The van der Waals surface area contributed by atoms with Gasteiger partial charge in [-0.2, -0.15) is 0 Å². The Labute approximate surface area is 146 Å². The Balaban J connectivity index is 2.86. The van der Waals surface area contributed by atoms with Crippen LogP contribution in [0.4, 0.5) is 5.69 Å². The molecule has 0 radical (unpaired) electrons. The van der Waals surface area contributed by atoms with Crippen molar-refractivity contribution >= 4 is 20.0 Å². The van der Waals surface area contributed by atoms with Crippen LogP contribution in [0.3, 0.4) is 0 Å². The number of hydrogen-bond donors (Lipinski definition) is 1. The Morgan fingerprint density at radius 1 is 1.21 bits per heavy atom. The van der Waals surface area contributed by atoms with Gasteiger partial charge in [-0.15, -0.1) is 0 Å². The molecule has 24 heavy (non-hydrogen) atoms. The Morgan fingerprint density at radius 3 is 2.38 bits per heavy atom. The molecule has 1 aromatic carbocycles. The lowest BCUT2D eigenvalue weighted by Gasteiger charge is -2.37. The molecular formula is C18H31NO4Si. The number of hydrogen-bond acceptors (Lipinski definition) is 5. The van der Waals surface area contributed by atoms with Crippen molar-refractivity contribution in [1.82, 2.24) is 0 Å². The van der Waals surface area contributed by atoms with Crippen LogP contribution in [-0.2, 0) is 14.0 Å². The molecule has 1 unspecified atom stereocenters. The first-order valence-corrected chi connectivity index (χ1v) is 11.1. The lowest BCUT2D eigenvalue weighted by molar-refractivity contribution is -0.141. The third kappa shape index (κ3) is 5.83. The van der Waals surface area contributed by atoms with Crippen molar-refractivity contribution in [1.29, 1.82) is 0 Å². The van der Waals surface area contributed by atoms with Crippen molar-refractivity contribution in [2.24, 2.45) is 0 Å². The van der Waals surface area contributed by atoms with Gasteiger partial charge in [0.2, 0.25) is 0 Å². The van der Waals surface area contributed by atoms with E-state index in [-0.39, 0.29) is 23.5 Å². The highest BCUT2D eigenvalue weighted by Crippen LogP contribution is 2.36. The molecule has 0 bridgehead atoms. The van der Waals surface area contributed by atoms with Gasteiger partial charge in [-0.3, -0.25) is 4.79 Å². The van der Waals surface area contributed by atoms with E-state index in [1.807, 2.05) is 24.3 Å². The number of anilines is 1. The molecule has 0 saturated heterocycles. The molecule has 0 amide bonds. The van der Waals surface area contributed by atoms with Gasteiger partial charge in [0.1, 0.15) is 5.75 Å². The summed E-state index contributed by atoms with van der Waals surface area (Å²) in [6, 6.07) is 7.46. The Bertz CT molecular complexity index is 540. The molecule has 6 heteroatoms. The van der Waals surface area contributed by atoms with Crippen molar-refractivity contribution in [2.45, 2.75) is 51.4 Å². The van der Waals surface area contributed by atoms with E-state index < -0.39 is 8.32 Å². The van der Waals surface area contributed by atoms with E-state index >= 15 is 0 Å². The van der Waals surface area contributed by atoms with Crippen molar-refractivity contribution in [3.8, 4) is 5.75 Å². The highest BCUT2D eigenvalue weighted by atomic mass is 28.4. The number of para-hydroxylation sites is 2. The number of benzene rings is 1. The third-order valence-electron chi connectivity index (χ3n) is 4.56. The summed E-state index contributed by atoms with van der Waals surface area (Å²) in [5.74, 6) is 0.473. The number of ether oxygens (including phenoxy) is 2. The summed E-state index contributed by atoms with van der Waals surface area (Å²) < 4.78 is 16.5. The summed E-state index contributed by atoms with van der Waals surface area (Å²) >= 11 is 0. The second-order valence-electron chi connectivity index (χ2n) is 7.39. The summed E-state index contributed by atoms with van der Waals surface area (Å²) in [4.78, 5) is 11.8. The fourth-order valence-corrected chi connectivity index (χ4v) is 3.00. The monoisotopic (exact) mass is 353 g/mol. The molecule has 0 fully saturated rings. The SMILES string of the molecule is COC(=O)CC(CO[Si](C)(C)C(C)(C)C)Nc1ccccc1OC. The van der Waals surface area contributed by atoms with Gasteiger partial charge >= 0.3 is 5.97 Å². The van der Waals surface area contributed by atoms with E-state index in [0.717, 1.165) is 11.4 Å². The number of rotatable bonds is 8.